The van der Waals surface area contributed by atoms with Gasteiger partial charge in [-0.2, -0.15) is 5.10 Å². The lowest BCUT2D eigenvalue weighted by Crippen LogP contribution is -2.23. The van der Waals surface area contributed by atoms with E-state index in [1.165, 1.54) is 17.8 Å². The first-order valence-electron chi connectivity index (χ1n) is 6.36. The molecule has 1 aliphatic carbocycles. The van der Waals surface area contributed by atoms with Crippen LogP contribution in [0.4, 0.5) is 0 Å². The standard InChI is InChI=1S/C13H16N4OS/c1-8-11(6-17(2)16-8)12(18)14-5-10-7-19-13(15-10)9-3-4-9/h6-7,9H,3-5H2,1-2H3,(H,14,18). The third-order valence-electron chi connectivity index (χ3n) is 3.18. The van der Waals surface area contributed by atoms with Crippen LogP contribution in [0, 0.1) is 6.92 Å². The van der Waals surface area contributed by atoms with Gasteiger partial charge >= 0.3 is 0 Å². The predicted octanol–water partition coefficient (Wildman–Crippen LogP) is 1.99. The van der Waals surface area contributed by atoms with E-state index in [1.807, 2.05) is 19.4 Å². The van der Waals surface area contributed by atoms with E-state index >= 15 is 0 Å². The largest absolute Gasteiger partial charge is 0.346 e. The van der Waals surface area contributed by atoms with Gasteiger partial charge in [0.15, 0.2) is 0 Å². The maximum atomic E-state index is 12.0. The van der Waals surface area contributed by atoms with E-state index in [0.29, 0.717) is 18.0 Å². The van der Waals surface area contributed by atoms with E-state index in [0.717, 1.165) is 11.4 Å². The smallest absolute Gasteiger partial charge is 0.255 e. The average Bonchev–Trinajstić information content (AvgIpc) is 3.02. The Morgan fingerprint density at radius 2 is 2.37 bits per heavy atom. The first-order chi connectivity index (χ1) is 9.13. The molecule has 1 aliphatic rings. The van der Waals surface area contributed by atoms with Crippen molar-refractivity contribution in [3.63, 3.8) is 0 Å². The van der Waals surface area contributed by atoms with Crippen LogP contribution >= 0.6 is 11.3 Å². The summed E-state index contributed by atoms with van der Waals surface area (Å²) in [6.07, 6.45) is 4.25. The molecule has 0 unspecified atom stereocenters. The molecule has 100 valence electrons. The molecule has 0 spiro atoms. The lowest BCUT2D eigenvalue weighted by molar-refractivity contribution is 0.0950. The van der Waals surface area contributed by atoms with E-state index in [2.05, 4.69) is 15.4 Å². The maximum absolute atomic E-state index is 12.0. The van der Waals surface area contributed by atoms with Gasteiger partial charge in [-0.1, -0.05) is 0 Å². The van der Waals surface area contributed by atoms with Crippen LogP contribution in [-0.2, 0) is 13.6 Å². The molecule has 2 aromatic heterocycles. The Balaban J connectivity index is 1.61. The highest BCUT2D eigenvalue weighted by Crippen LogP contribution is 2.41. The van der Waals surface area contributed by atoms with Gasteiger partial charge in [-0.3, -0.25) is 9.48 Å². The molecule has 2 aromatic rings. The number of aryl methyl sites for hydroxylation is 2. The van der Waals surface area contributed by atoms with Gasteiger partial charge in [-0.05, 0) is 19.8 Å². The molecule has 1 saturated carbocycles. The molecule has 1 N–H and O–H groups in total. The van der Waals surface area contributed by atoms with Crippen LogP contribution in [0.3, 0.4) is 0 Å². The zero-order valence-corrected chi connectivity index (χ0v) is 11.8. The number of thiazole rings is 1. The van der Waals surface area contributed by atoms with Crippen LogP contribution in [0.1, 0.15) is 45.5 Å². The monoisotopic (exact) mass is 276 g/mol. The Hall–Kier alpha value is -1.69. The van der Waals surface area contributed by atoms with Crippen LogP contribution in [0.5, 0.6) is 0 Å². The first kappa shape index (κ1) is 12.3. The van der Waals surface area contributed by atoms with Crippen LogP contribution in [0.15, 0.2) is 11.6 Å². The minimum atomic E-state index is -0.0911. The van der Waals surface area contributed by atoms with Crippen molar-refractivity contribution in [1.82, 2.24) is 20.1 Å². The topological polar surface area (TPSA) is 59.8 Å². The Bertz CT molecular complexity index is 612. The molecule has 1 fully saturated rings. The predicted molar refractivity (Wildman–Crippen MR) is 73.2 cm³/mol. The number of carbonyl (C=O) groups excluding carboxylic acids is 1. The Labute approximate surface area is 115 Å². The van der Waals surface area contributed by atoms with E-state index in [4.69, 9.17) is 0 Å². The molecule has 0 atom stereocenters. The van der Waals surface area contributed by atoms with Crippen molar-refractivity contribution in [3.05, 3.63) is 33.5 Å². The molecular formula is C13H16N4OS. The number of hydrogen-bond acceptors (Lipinski definition) is 4. The fraction of sp³-hybridized carbons (Fsp3) is 0.462. The van der Waals surface area contributed by atoms with Crippen molar-refractivity contribution in [2.24, 2.45) is 7.05 Å². The summed E-state index contributed by atoms with van der Waals surface area (Å²) in [5, 5.41) is 10.3. The zero-order chi connectivity index (χ0) is 13.4. The molecule has 0 aromatic carbocycles. The summed E-state index contributed by atoms with van der Waals surface area (Å²) in [6, 6.07) is 0. The Kier molecular flexibility index (Phi) is 3.10. The van der Waals surface area contributed by atoms with Crippen molar-refractivity contribution < 1.29 is 4.79 Å². The first-order valence-corrected chi connectivity index (χ1v) is 7.24. The molecule has 0 aliphatic heterocycles. The van der Waals surface area contributed by atoms with Crippen LogP contribution < -0.4 is 5.32 Å². The van der Waals surface area contributed by atoms with Gasteiger partial charge < -0.3 is 5.32 Å². The van der Waals surface area contributed by atoms with E-state index < -0.39 is 0 Å². The van der Waals surface area contributed by atoms with Crippen molar-refractivity contribution >= 4 is 17.2 Å². The normalized spacial score (nSPS) is 14.6. The minimum Gasteiger partial charge on any atom is -0.346 e. The molecule has 5 nitrogen and oxygen atoms in total. The number of nitrogens with zero attached hydrogens (tertiary/aromatic N) is 3. The molecule has 1 amide bonds. The summed E-state index contributed by atoms with van der Waals surface area (Å²) < 4.78 is 1.65. The van der Waals surface area contributed by atoms with Crippen LogP contribution in [-0.4, -0.2) is 20.7 Å². The molecule has 3 rings (SSSR count). The summed E-state index contributed by atoms with van der Waals surface area (Å²) in [6.45, 7) is 2.32. The highest BCUT2D eigenvalue weighted by molar-refractivity contribution is 7.09. The third kappa shape index (κ3) is 2.68. The van der Waals surface area contributed by atoms with E-state index in [9.17, 15) is 4.79 Å². The molecule has 19 heavy (non-hydrogen) atoms. The van der Waals surface area contributed by atoms with Gasteiger partial charge in [0, 0.05) is 24.5 Å². The highest BCUT2D eigenvalue weighted by atomic mass is 32.1. The summed E-state index contributed by atoms with van der Waals surface area (Å²) in [4.78, 5) is 16.6. The zero-order valence-electron chi connectivity index (χ0n) is 11.0. The number of rotatable bonds is 4. The van der Waals surface area contributed by atoms with Crippen molar-refractivity contribution in [2.75, 3.05) is 0 Å². The molecule has 0 bridgehead atoms. The fourth-order valence-corrected chi connectivity index (χ4v) is 3.00. The van der Waals surface area contributed by atoms with Gasteiger partial charge in [-0.15, -0.1) is 11.3 Å². The molecule has 6 heteroatoms. The van der Waals surface area contributed by atoms with Gasteiger partial charge in [0.25, 0.3) is 5.91 Å². The molecule has 2 heterocycles. The average molecular weight is 276 g/mol. The summed E-state index contributed by atoms with van der Waals surface area (Å²) in [7, 11) is 1.81. The van der Waals surface area contributed by atoms with E-state index in [1.54, 1.807) is 22.2 Å². The second-order valence-corrected chi connectivity index (χ2v) is 5.83. The quantitative estimate of drug-likeness (QED) is 0.929. The van der Waals surface area contributed by atoms with Crippen LogP contribution in [0.25, 0.3) is 0 Å². The molecule has 0 radical (unpaired) electrons. The molecular weight excluding hydrogens is 260 g/mol. The van der Waals surface area contributed by atoms with Gasteiger partial charge in [0.1, 0.15) is 0 Å². The fourth-order valence-electron chi connectivity index (χ4n) is 2.01. The summed E-state index contributed by atoms with van der Waals surface area (Å²) in [5.74, 6) is 0.585. The number of carbonyl (C=O) groups is 1. The Morgan fingerprint density at radius 3 is 3.00 bits per heavy atom. The van der Waals surface area contributed by atoms with Gasteiger partial charge in [0.2, 0.25) is 0 Å². The number of nitrogens with one attached hydrogen (secondary N) is 1. The number of amides is 1. The van der Waals surface area contributed by atoms with Gasteiger partial charge in [-0.25, -0.2) is 4.98 Å². The van der Waals surface area contributed by atoms with Crippen LogP contribution in [0.2, 0.25) is 0 Å². The second kappa shape index (κ2) is 4.77. The minimum absolute atomic E-state index is 0.0911. The van der Waals surface area contributed by atoms with Gasteiger partial charge in [0.05, 0.1) is 28.5 Å². The van der Waals surface area contributed by atoms with E-state index in [-0.39, 0.29) is 5.91 Å². The second-order valence-electron chi connectivity index (χ2n) is 4.94. The number of aromatic nitrogens is 3. The van der Waals surface area contributed by atoms with Crippen molar-refractivity contribution in [2.45, 2.75) is 32.2 Å². The van der Waals surface area contributed by atoms with Crippen molar-refractivity contribution in [1.29, 1.82) is 0 Å². The lowest BCUT2D eigenvalue weighted by atomic mass is 10.2. The molecule has 0 saturated heterocycles. The highest BCUT2D eigenvalue weighted by Gasteiger charge is 2.26. The Morgan fingerprint density at radius 1 is 1.58 bits per heavy atom. The number of hydrogen-bond donors (Lipinski definition) is 1. The lowest BCUT2D eigenvalue weighted by Gasteiger charge is -2.01. The summed E-state index contributed by atoms with van der Waals surface area (Å²) in [5.41, 5.74) is 2.32. The van der Waals surface area contributed by atoms with Crippen molar-refractivity contribution in [3.8, 4) is 0 Å². The third-order valence-corrected chi connectivity index (χ3v) is 4.24. The SMILES string of the molecule is Cc1nn(C)cc1C(=O)NCc1csc(C2CC2)n1. The maximum Gasteiger partial charge on any atom is 0.255 e. The summed E-state index contributed by atoms with van der Waals surface area (Å²) >= 11 is 1.70.